The zero-order chi connectivity index (χ0) is 17.1. The molecule has 3 rings (SSSR count). The van der Waals surface area contributed by atoms with Crippen LogP contribution in [0.3, 0.4) is 0 Å². The van der Waals surface area contributed by atoms with Gasteiger partial charge in [-0.05, 0) is 38.5 Å². The van der Waals surface area contributed by atoms with Crippen LogP contribution < -0.4 is 5.32 Å². The molecule has 1 aliphatic heterocycles. The number of amides is 1. The summed E-state index contributed by atoms with van der Waals surface area (Å²) in [4.78, 5) is 26.8. The predicted octanol–water partition coefficient (Wildman–Crippen LogP) is 1.18. The summed E-state index contributed by atoms with van der Waals surface area (Å²) in [5, 5.41) is 13.6. The van der Waals surface area contributed by atoms with E-state index < -0.39 is 6.10 Å². The number of hydrogen-bond donors (Lipinski definition) is 2. The number of aryl methyl sites for hydroxylation is 2. The number of anilines is 1. The largest absolute Gasteiger partial charge is 0.389 e. The van der Waals surface area contributed by atoms with Crippen molar-refractivity contribution in [1.29, 1.82) is 0 Å². The van der Waals surface area contributed by atoms with E-state index in [1.165, 1.54) is 0 Å². The molecule has 0 unspecified atom stereocenters. The van der Waals surface area contributed by atoms with Gasteiger partial charge in [-0.3, -0.25) is 9.78 Å². The molecule has 1 fully saturated rings. The number of pyridine rings is 1. The Bertz CT molecular complexity index is 702. The molecule has 0 spiro atoms. The number of aliphatic hydroxyl groups is 1. The monoisotopic (exact) mass is 327 g/mol. The maximum atomic E-state index is 12.4. The van der Waals surface area contributed by atoms with Crippen molar-refractivity contribution < 1.29 is 9.90 Å². The molecule has 0 aliphatic carbocycles. The van der Waals surface area contributed by atoms with Crippen LogP contribution in [0.5, 0.6) is 0 Å². The van der Waals surface area contributed by atoms with Gasteiger partial charge in [0.25, 0.3) is 5.91 Å². The van der Waals surface area contributed by atoms with Crippen LogP contribution in [-0.4, -0.2) is 56.1 Å². The normalized spacial score (nSPS) is 20.7. The number of carbonyl (C=O) groups is 1. The van der Waals surface area contributed by atoms with Crippen LogP contribution in [0.1, 0.15) is 28.3 Å². The van der Waals surface area contributed by atoms with E-state index >= 15 is 0 Å². The van der Waals surface area contributed by atoms with Crippen molar-refractivity contribution in [2.24, 2.45) is 0 Å². The molecule has 7 heteroatoms. The average Bonchev–Trinajstić information content (AvgIpc) is 2.56. The Labute approximate surface area is 140 Å². The SMILES string of the molecule is Cc1cc(C)nc(N[C@@H]2CCN(C(=O)c3ccccn3)C[C@H]2O)n1. The topological polar surface area (TPSA) is 91.2 Å². The summed E-state index contributed by atoms with van der Waals surface area (Å²) in [6, 6.07) is 6.95. The summed E-state index contributed by atoms with van der Waals surface area (Å²) in [5.41, 5.74) is 2.15. The minimum Gasteiger partial charge on any atom is -0.389 e. The van der Waals surface area contributed by atoms with Crippen molar-refractivity contribution in [2.45, 2.75) is 32.4 Å². The first-order valence-corrected chi connectivity index (χ1v) is 8.00. The molecule has 2 atom stereocenters. The second-order valence-electron chi connectivity index (χ2n) is 6.05. The van der Waals surface area contributed by atoms with Crippen LogP contribution in [0.15, 0.2) is 30.5 Å². The third-order valence-electron chi connectivity index (χ3n) is 4.05. The van der Waals surface area contributed by atoms with E-state index in [9.17, 15) is 9.90 Å². The number of aromatic nitrogens is 3. The molecule has 0 saturated carbocycles. The van der Waals surface area contributed by atoms with Gasteiger partial charge in [0.2, 0.25) is 5.95 Å². The smallest absolute Gasteiger partial charge is 0.272 e. The molecular formula is C17H21N5O2. The van der Waals surface area contributed by atoms with Gasteiger partial charge in [0.05, 0.1) is 12.1 Å². The van der Waals surface area contributed by atoms with Crippen molar-refractivity contribution in [2.75, 3.05) is 18.4 Å². The van der Waals surface area contributed by atoms with Crippen LogP contribution in [0.25, 0.3) is 0 Å². The van der Waals surface area contributed by atoms with E-state index in [4.69, 9.17) is 0 Å². The van der Waals surface area contributed by atoms with Gasteiger partial charge < -0.3 is 15.3 Å². The van der Waals surface area contributed by atoms with Crippen molar-refractivity contribution in [1.82, 2.24) is 19.9 Å². The van der Waals surface area contributed by atoms with Crippen LogP contribution in [-0.2, 0) is 0 Å². The highest BCUT2D eigenvalue weighted by atomic mass is 16.3. The van der Waals surface area contributed by atoms with Gasteiger partial charge in [-0.2, -0.15) is 0 Å². The van der Waals surface area contributed by atoms with Crippen LogP contribution in [0.2, 0.25) is 0 Å². The van der Waals surface area contributed by atoms with E-state index in [2.05, 4.69) is 20.3 Å². The third-order valence-corrected chi connectivity index (χ3v) is 4.05. The second kappa shape index (κ2) is 6.92. The lowest BCUT2D eigenvalue weighted by Crippen LogP contribution is -2.52. The second-order valence-corrected chi connectivity index (χ2v) is 6.05. The standard InChI is InChI=1S/C17H21N5O2/c1-11-9-12(2)20-17(19-11)21-13-6-8-22(10-15(13)23)16(24)14-5-3-4-7-18-14/h3-5,7,9,13,15,23H,6,8,10H2,1-2H3,(H,19,20,21)/t13-,15-/m1/s1. The fourth-order valence-electron chi connectivity index (χ4n) is 2.89. The number of carbonyl (C=O) groups excluding carboxylic acids is 1. The maximum absolute atomic E-state index is 12.4. The maximum Gasteiger partial charge on any atom is 0.272 e. The molecule has 0 bridgehead atoms. The molecular weight excluding hydrogens is 306 g/mol. The predicted molar refractivity (Wildman–Crippen MR) is 89.7 cm³/mol. The molecule has 126 valence electrons. The minimum atomic E-state index is -0.684. The van der Waals surface area contributed by atoms with Gasteiger partial charge >= 0.3 is 0 Å². The Kier molecular flexibility index (Phi) is 4.71. The number of piperidine rings is 1. The molecule has 2 aromatic rings. The number of aliphatic hydroxyl groups excluding tert-OH is 1. The fraction of sp³-hybridized carbons (Fsp3) is 0.412. The highest BCUT2D eigenvalue weighted by Gasteiger charge is 2.31. The number of nitrogens with zero attached hydrogens (tertiary/aromatic N) is 4. The Balaban J connectivity index is 1.64. The highest BCUT2D eigenvalue weighted by molar-refractivity contribution is 5.92. The molecule has 1 aliphatic rings. The Hall–Kier alpha value is -2.54. The van der Waals surface area contributed by atoms with Gasteiger partial charge in [-0.25, -0.2) is 9.97 Å². The summed E-state index contributed by atoms with van der Waals surface area (Å²) < 4.78 is 0. The first-order valence-electron chi connectivity index (χ1n) is 8.00. The van der Waals surface area contributed by atoms with Crippen molar-refractivity contribution in [3.63, 3.8) is 0 Å². The summed E-state index contributed by atoms with van der Waals surface area (Å²) in [6.07, 6.45) is 1.53. The average molecular weight is 327 g/mol. The minimum absolute atomic E-state index is 0.157. The number of likely N-dealkylation sites (tertiary alicyclic amines) is 1. The lowest BCUT2D eigenvalue weighted by molar-refractivity contribution is 0.0421. The Morgan fingerprint density at radius 1 is 1.29 bits per heavy atom. The highest BCUT2D eigenvalue weighted by Crippen LogP contribution is 2.17. The Morgan fingerprint density at radius 3 is 2.67 bits per heavy atom. The molecule has 0 radical (unpaired) electrons. The summed E-state index contributed by atoms with van der Waals surface area (Å²) >= 11 is 0. The molecule has 7 nitrogen and oxygen atoms in total. The van der Waals surface area contributed by atoms with Gasteiger partial charge in [0.15, 0.2) is 0 Å². The van der Waals surface area contributed by atoms with Crippen molar-refractivity contribution >= 4 is 11.9 Å². The first-order chi connectivity index (χ1) is 11.5. The molecule has 24 heavy (non-hydrogen) atoms. The molecule has 1 saturated heterocycles. The molecule has 0 aromatic carbocycles. The van der Waals surface area contributed by atoms with Gasteiger partial charge in [0, 0.05) is 30.7 Å². The number of β-amino-alcohol motifs (C(OH)–C–C–N with tert-alkyl or cyclic N) is 1. The van der Waals surface area contributed by atoms with E-state index in [0.29, 0.717) is 24.6 Å². The summed E-state index contributed by atoms with van der Waals surface area (Å²) in [5.74, 6) is 0.358. The summed E-state index contributed by atoms with van der Waals surface area (Å²) in [7, 11) is 0. The lowest BCUT2D eigenvalue weighted by atomic mass is 10.0. The molecule has 2 N–H and O–H groups in total. The van der Waals surface area contributed by atoms with Crippen LogP contribution in [0.4, 0.5) is 5.95 Å². The number of rotatable bonds is 3. The zero-order valence-electron chi connectivity index (χ0n) is 13.8. The summed E-state index contributed by atoms with van der Waals surface area (Å²) in [6.45, 7) is 4.63. The molecule has 1 amide bonds. The van der Waals surface area contributed by atoms with Gasteiger partial charge in [0.1, 0.15) is 5.69 Å². The lowest BCUT2D eigenvalue weighted by Gasteiger charge is -2.36. The zero-order valence-corrected chi connectivity index (χ0v) is 13.8. The third kappa shape index (κ3) is 3.68. The molecule has 3 heterocycles. The van der Waals surface area contributed by atoms with E-state index in [-0.39, 0.29) is 18.5 Å². The van der Waals surface area contributed by atoms with Crippen LogP contribution in [0, 0.1) is 13.8 Å². The van der Waals surface area contributed by atoms with E-state index in [1.807, 2.05) is 19.9 Å². The Morgan fingerprint density at radius 2 is 2.04 bits per heavy atom. The fourth-order valence-corrected chi connectivity index (χ4v) is 2.89. The first kappa shape index (κ1) is 16.3. The van der Waals surface area contributed by atoms with Gasteiger partial charge in [-0.1, -0.05) is 6.07 Å². The van der Waals surface area contributed by atoms with Crippen molar-refractivity contribution in [3.8, 4) is 0 Å². The quantitative estimate of drug-likeness (QED) is 0.879. The van der Waals surface area contributed by atoms with Gasteiger partial charge in [-0.15, -0.1) is 0 Å². The van der Waals surface area contributed by atoms with E-state index in [0.717, 1.165) is 11.4 Å². The van der Waals surface area contributed by atoms with Crippen LogP contribution >= 0.6 is 0 Å². The van der Waals surface area contributed by atoms with E-state index in [1.54, 1.807) is 29.3 Å². The van der Waals surface area contributed by atoms with Crippen molar-refractivity contribution in [3.05, 3.63) is 47.5 Å². The number of hydrogen-bond acceptors (Lipinski definition) is 6. The number of nitrogens with one attached hydrogen (secondary N) is 1. The molecule has 2 aromatic heterocycles.